The van der Waals surface area contributed by atoms with Crippen LogP contribution in [-0.4, -0.2) is 35.1 Å². The highest BCUT2D eigenvalue weighted by molar-refractivity contribution is 5.75. The van der Waals surface area contributed by atoms with Crippen LogP contribution in [-0.2, 0) is 9.53 Å². The molecule has 0 heterocycles. The van der Waals surface area contributed by atoms with Crippen molar-refractivity contribution < 1.29 is 19.7 Å². The molecule has 0 aromatic carbocycles. The third-order valence-corrected chi connectivity index (χ3v) is 1.27. The molecule has 5 nitrogen and oxygen atoms in total. The van der Waals surface area contributed by atoms with Gasteiger partial charge in [-0.2, -0.15) is 0 Å². The van der Waals surface area contributed by atoms with Gasteiger partial charge >= 0.3 is 5.97 Å². The molecule has 0 fully saturated rings. The zero-order valence-electron chi connectivity index (χ0n) is 6.41. The number of aliphatic carboxylic acids is 1. The molecule has 0 aromatic heterocycles. The Morgan fingerprint density at radius 3 is 2.55 bits per heavy atom. The van der Waals surface area contributed by atoms with Gasteiger partial charge < -0.3 is 20.7 Å². The molecule has 0 amide bonds. The summed E-state index contributed by atoms with van der Waals surface area (Å²) in [5.74, 6) is -3.45. The minimum absolute atomic E-state index is 0.00231. The van der Waals surface area contributed by atoms with Crippen LogP contribution in [0.5, 0.6) is 0 Å². The molecule has 1 unspecified atom stereocenters. The number of hydrogen-bond donors (Lipinski definition) is 3. The summed E-state index contributed by atoms with van der Waals surface area (Å²) in [5, 5.41) is 17.6. The van der Waals surface area contributed by atoms with Crippen LogP contribution in [0.25, 0.3) is 0 Å². The monoisotopic (exact) mass is 163 g/mol. The Labute approximate surface area is 64.8 Å². The van der Waals surface area contributed by atoms with Gasteiger partial charge in [-0.15, -0.1) is 0 Å². The summed E-state index contributed by atoms with van der Waals surface area (Å²) in [5.41, 5.74) is 5.06. The van der Waals surface area contributed by atoms with Gasteiger partial charge in [-0.3, -0.25) is 0 Å². The van der Waals surface area contributed by atoms with Crippen molar-refractivity contribution in [2.75, 3.05) is 13.2 Å². The van der Waals surface area contributed by atoms with Crippen LogP contribution in [0.2, 0.25) is 0 Å². The highest BCUT2D eigenvalue weighted by Gasteiger charge is 2.34. The second-order valence-corrected chi connectivity index (χ2v) is 2.08. The number of carbonyl (C=O) groups is 1. The fourth-order valence-electron chi connectivity index (χ4n) is 0.543. The number of nitrogens with two attached hydrogens (primary N) is 1. The van der Waals surface area contributed by atoms with Gasteiger partial charge in [-0.1, -0.05) is 6.92 Å². The molecule has 1 atom stereocenters. The largest absolute Gasteiger partial charge is 0.477 e. The Morgan fingerprint density at radius 2 is 2.27 bits per heavy atom. The quantitative estimate of drug-likeness (QED) is 0.459. The zero-order chi connectivity index (χ0) is 8.91. The zero-order valence-corrected chi connectivity index (χ0v) is 6.41. The summed E-state index contributed by atoms with van der Waals surface area (Å²) in [4.78, 5) is 10.3. The summed E-state index contributed by atoms with van der Waals surface area (Å²) in [6.07, 6.45) is 0.00231. The Hall–Kier alpha value is -0.650. The molecule has 0 saturated heterocycles. The minimum Gasteiger partial charge on any atom is -0.477 e. The highest BCUT2D eigenvalue weighted by Crippen LogP contribution is 2.11. The molecular weight excluding hydrogens is 150 g/mol. The van der Waals surface area contributed by atoms with E-state index in [1.165, 1.54) is 6.92 Å². The van der Waals surface area contributed by atoms with Gasteiger partial charge in [0, 0.05) is 13.0 Å². The lowest BCUT2D eigenvalue weighted by atomic mass is 10.2. The Kier molecular flexibility index (Phi) is 4.02. The summed E-state index contributed by atoms with van der Waals surface area (Å²) in [7, 11) is 0. The van der Waals surface area contributed by atoms with Crippen LogP contribution in [0, 0.1) is 0 Å². The van der Waals surface area contributed by atoms with Crippen LogP contribution >= 0.6 is 0 Å². The first-order valence-electron chi connectivity index (χ1n) is 3.36. The highest BCUT2D eigenvalue weighted by atomic mass is 16.6. The van der Waals surface area contributed by atoms with Crippen LogP contribution in [0.4, 0.5) is 0 Å². The topological polar surface area (TPSA) is 92.8 Å². The molecule has 0 aromatic rings. The molecule has 0 aliphatic rings. The third-order valence-electron chi connectivity index (χ3n) is 1.27. The minimum atomic E-state index is -2.07. The van der Waals surface area contributed by atoms with Gasteiger partial charge in [0.25, 0.3) is 5.79 Å². The van der Waals surface area contributed by atoms with Crippen molar-refractivity contribution in [3.8, 4) is 0 Å². The Balaban J connectivity index is 3.99. The van der Waals surface area contributed by atoms with E-state index in [1.54, 1.807) is 0 Å². The van der Waals surface area contributed by atoms with Crippen molar-refractivity contribution in [1.82, 2.24) is 0 Å². The van der Waals surface area contributed by atoms with Crippen molar-refractivity contribution in [2.24, 2.45) is 5.73 Å². The number of aliphatic hydroxyl groups is 1. The molecule has 0 bridgehead atoms. The fraction of sp³-hybridized carbons (Fsp3) is 0.833. The Bertz CT molecular complexity index is 139. The molecule has 0 saturated carbocycles. The lowest BCUT2D eigenvalue weighted by Crippen LogP contribution is -2.41. The van der Waals surface area contributed by atoms with E-state index in [1.807, 2.05) is 0 Å². The van der Waals surface area contributed by atoms with Crippen LogP contribution in [0.1, 0.15) is 13.3 Å². The van der Waals surface area contributed by atoms with Crippen molar-refractivity contribution in [2.45, 2.75) is 19.1 Å². The number of carboxylic acid groups (broad SMARTS) is 1. The predicted molar refractivity (Wildman–Crippen MR) is 37.9 cm³/mol. The van der Waals surface area contributed by atoms with E-state index in [2.05, 4.69) is 4.74 Å². The number of ether oxygens (including phenoxy) is 1. The first-order valence-corrected chi connectivity index (χ1v) is 3.36. The first-order chi connectivity index (χ1) is 5.06. The molecule has 0 aliphatic heterocycles. The van der Waals surface area contributed by atoms with Crippen LogP contribution in [0.15, 0.2) is 0 Å². The molecule has 5 heteroatoms. The second kappa shape index (κ2) is 4.27. The summed E-state index contributed by atoms with van der Waals surface area (Å²) < 4.78 is 4.62. The second-order valence-electron chi connectivity index (χ2n) is 2.08. The van der Waals surface area contributed by atoms with Crippen molar-refractivity contribution >= 4 is 5.97 Å². The van der Waals surface area contributed by atoms with E-state index in [0.29, 0.717) is 0 Å². The molecule has 66 valence electrons. The SMILES string of the molecule is CCC(O)(OCCN)C(=O)O. The van der Waals surface area contributed by atoms with Crippen molar-refractivity contribution in [1.29, 1.82) is 0 Å². The van der Waals surface area contributed by atoms with Gasteiger partial charge in [0.1, 0.15) is 0 Å². The van der Waals surface area contributed by atoms with E-state index in [-0.39, 0.29) is 19.6 Å². The number of carboxylic acids is 1. The third kappa shape index (κ3) is 2.83. The van der Waals surface area contributed by atoms with E-state index >= 15 is 0 Å². The summed E-state index contributed by atoms with van der Waals surface area (Å²) in [6.45, 7) is 1.75. The number of hydrogen-bond acceptors (Lipinski definition) is 4. The van der Waals surface area contributed by atoms with E-state index in [4.69, 9.17) is 15.9 Å². The van der Waals surface area contributed by atoms with Gasteiger partial charge in [-0.05, 0) is 0 Å². The molecule has 0 rings (SSSR count). The predicted octanol–water partition coefficient (Wildman–Crippen LogP) is -0.855. The first kappa shape index (κ1) is 10.3. The van der Waals surface area contributed by atoms with E-state index in [0.717, 1.165) is 0 Å². The molecule has 0 radical (unpaired) electrons. The normalized spacial score (nSPS) is 15.9. The fourth-order valence-corrected chi connectivity index (χ4v) is 0.543. The standard InChI is InChI=1S/C6H13NO4/c1-2-6(10,5(8)9)11-4-3-7/h10H,2-4,7H2,1H3,(H,8,9). The average molecular weight is 163 g/mol. The van der Waals surface area contributed by atoms with Crippen molar-refractivity contribution in [3.05, 3.63) is 0 Å². The maximum atomic E-state index is 10.3. The summed E-state index contributed by atoms with van der Waals surface area (Å²) >= 11 is 0. The van der Waals surface area contributed by atoms with Gasteiger partial charge in [0.05, 0.1) is 6.61 Å². The average Bonchev–Trinajstić information content (AvgIpc) is 2.00. The van der Waals surface area contributed by atoms with Gasteiger partial charge in [0.2, 0.25) is 0 Å². The maximum Gasteiger partial charge on any atom is 0.364 e. The van der Waals surface area contributed by atoms with E-state index < -0.39 is 11.8 Å². The molecule has 0 spiro atoms. The van der Waals surface area contributed by atoms with Crippen molar-refractivity contribution in [3.63, 3.8) is 0 Å². The number of rotatable bonds is 5. The van der Waals surface area contributed by atoms with Crippen LogP contribution in [0.3, 0.4) is 0 Å². The van der Waals surface area contributed by atoms with Gasteiger partial charge in [-0.25, -0.2) is 4.79 Å². The maximum absolute atomic E-state index is 10.3. The summed E-state index contributed by atoms with van der Waals surface area (Å²) in [6, 6.07) is 0. The van der Waals surface area contributed by atoms with E-state index in [9.17, 15) is 4.79 Å². The molecule has 4 N–H and O–H groups in total. The molecule has 11 heavy (non-hydrogen) atoms. The lowest BCUT2D eigenvalue weighted by molar-refractivity contribution is -0.223. The van der Waals surface area contributed by atoms with Gasteiger partial charge in [0.15, 0.2) is 0 Å². The smallest absolute Gasteiger partial charge is 0.364 e. The van der Waals surface area contributed by atoms with Crippen LogP contribution < -0.4 is 5.73 Å². The molecule has 0 aliphatic carbocycles. The lowest BCUT2D eigenvalue weighted by Gasteiger charge is -2.21. The Morgan fingerprint density at radius 1 is 1.73 bits per heavy atom. The molecular formula is C6H13NO4.